The van der Waals surface area contributed by atoms with E-state index in [4.69, 9.17) is 11.6 Å². The fraction of sp³-hybridized carbons (Fsp3) is 0.208. The number of benzene rings is 2. The van der Waals surface area contributed by atoms with Crippen LogP contribution in [0.3, 0.4) is 0 Å². The standard InChI is InChI=1S/C24H22ClFN4O2/c1-14(24(2,3)32)28-23-27-13-21-20(29-23)12-18(17-6-4-5-7-19(17)25)22(31)30(21)16-10-8-15(26)9-11-16/h4-14,32H,1-3H3,(H,27,28,29)/t14-/m0/s1. The van der Waals surface area contributed by atoms with Crippen LogP contribution in [0.25, 0.3) is 27.8 Å². The highest BCUT2D eigenvalue weighted by Gasteiger charge is 2.23. The molecule has 2 aromatic heterocycles. The van der Waals surface area contributed by atoms with E-state index in [9.17, 15) is 14.3 Å². The number of hydrogen-bond donors (Lipinski definition) is 2. The van der Waals surface area contributed by atoms with E-state index >= 15 is 0 Å². The average Bonchev–Trinajstić information content (AvgIpc) is 2.74. The quantitative estimate of drug-likeness (QED) is 0.454. The number of anilines is 1. The first-order chi connectivity index (χ1) is 15.1. The summed E-state index contributed by atoms with van der Waals surface area (Å²) in [6.45, 7) is 5.20. The molecule has 6 nitrogen and oxygen atoms in total. The number of aliphatic hydroxyl groups is 1. The van der Waals surface area contributed by atoms with E-state index in [2.05, 4.69) is 15.3 Å². The Morgan fingerprint density at radius 1 is 1.12 bits per heavy atom. The number of nitrogens with zero attached hydrogens (tertiary/aromatic N) is 3. The molecule has 0 aliphatic carbocycles. The molecule has 0 aliphatic rings. The van der Waals surface area contributed by atoms with Crippen LogP contribution in [0, 0.1) is 5.82 Å². The molecule has 164 valence electrons. The summed E-state index contributed by atoms with van der Waals surface area (Å²) >= 11 is 6.38. The zero-order valence-electron chi connectivity index (χ0n) is 17.8. The van der Waals surface area contributed by atoms with E-state index in [1.165, 1.54) is 35.0 Å². The molecule has 0 aliphatic heterocycles. The molecule has 0 bridgehead atoms. The third-order valence-electron chi connectivity index (χ3n) is 5.41. The summed E-state index contributed by atoms with van der Waals surface area (Å²) in [4.78, 5) is 22.4. The summed E-state index contributed by atoms with van der Waals surface area (Å²) in [7, 11) is 0. The molecule has 2 heterocycles. The van der Waals surface area contributed by atoms with Gasteiger partial charge in [0.05, 0.1) is 34.4 Å². The first-order valence-electron chi connectivity index (χ1n) is 10.1. The molecule has 0 spiro atoms. The van der Waals surface area contributed by atoms with Gasteiger partial charge in [-0.1, -0.05) is 29.8 Å². The monoisotopic (exact) mass is 452 g/mol. The number of rotatable bonds is 5. The van der Waals surface area contributed by atoms with E-state index in [0.29, 0.717) is 38.8 Å². The molecular weight excluding hydrogens is 431 g/mol. The molecule has 0 saturated heterocycles. The number of halogens is 2. The molecule has 8 heteroatoms. The Morgan fingerprint density at radius 2 is 1.81 bits per heavy atom. The summed E-state index contributed by atoms with van der Waals surface area (Å²) in [6, 6.07) is 14.0. The van der Waals surface area contributed by atoms with Crippen LogP contribution in [0.2, 0.25) is 5.02 Å². The second-order valence-electron chi connectivity index (χ2n) is 8.14. The molecule has 1 atom stereocenters. The van der Waals surface area contributed by atoms with Crippen molar-refractivity contribution in [3.63, 3.8) is 0 Å². The lowest BCUT2D eigenvalue weighted by atomic mass is 10.0. The fourth-order valence-electron chi connectivity index (χ4n) is 3.25. The van der Waals surface area contributed by atoms with Gasteiger partial charge in [0.2, 0.25) is 5.95 Å². The zero-order chi connectivity index (χ0) is 23.0. The predicted molar refractivity (Wildman–Crippen MR) is 125 cm³/mol. The summed E-state index contributed by atoms with van der Waals surface area (Å²) in [6.07, 6.45) is 1.53. The first-order valence-corrected chi connectivity index (χ1v) is 10.5. The van der Waals surface area contributed by atoms with Gasteiger partial charge in [0.25, 0.3) is 5.56 Å². The average molecular weight is 453 g/mol. The third-order valence-corrected chi connectivity index (χ3v) is 5.74. The van der Waals surface area contributed by atoms with Crippen molar-refractivity contribution in [3.8, 4) is 16.8 Å². The lowest BCUT2D eigenvalue weighted by Gasteiger charge is -2.26. The highest BCUT2D eigenvalue weighted by Crippen LogP contribution is 2.28. The minimum atomic E-state index is -0.992. The van der Waals surface area contributed by atoms with Crippen molar-refractivity contribution in [2.45, 2.75) is 32.4 Å². The van der Waals surface area contributed by atoms with Gasteiger partial charge >= 0.3 is 0 Å². The van der Waals surface area contributed by atoms with Crippen molar-refractivity contribution < 1.29 is 9.50 Å². The van der Waals surface area contributed by atoms with Crippen LogP contribution in [-0.4, -0.2) is 31.3 Å². The van der Waals surface area contributed by atoms with E-state index in [0.717, 1.165) is 0 Å². The lowest BCUT2D eigenvalue weighted by Crippen LogP contribution is -2.39. The minimum absolute atomic E-state index is 0.307. The molecule has 0 radical (unpaired) electrons. The molecule has 4 aromatic rings. The van der Waals surface area contributed by atoms with Gasteiger partial charge in [0.15, 0.2) is 0 Å². The van der Waals surface area contributed by atoms with Crippen molar-refractivity contribution >= 4 is 28.6 Å². The molecule has 2 aromatic carbocycles. The number of fused-ring (bicyclic) bond motifs is 1. The van der Waals surface area contributed by atoms with E-state index < -0.39 is 11.4 Å². The van der Waals surface area contributed by atoms with Crippen LogP contribution in [0.4, 0.5) is 10.3 Å². The fourth-order valence-corrected chi connectivity index (χ4v) is 3.49. The van der Waals surface area contributed by atoms with Crippen LogP contribution >= 0.6 is 11.6 Å². The van der Waals surface area contributed by atoms with Gasteiger partial charge in [0.1, 0.15) is 5.82 Å². The van der Waals surface area contributed by atoms with Crippen LogP contribution in [-0.2, 0) is 0 Å². The molecule has 0 saturated carbocycles. The van der Waals surface area contributed by atoms with Crippen molar-refractivity contribution in [3.05, 3.63) is 82.0 Å². The van der Waals surface area contributed by atoms with Crippen molar-refractivity contribution in [1.82, 2.24) is 14.5 Å². The smallest absolute Gasteiger partial charge is 0.263 e. The minimum Gasteiger partial charge on any atom is -0.388 e. The lowest BCUT2D eigenvalue weighted by molar-refractivity contribution is 0.0646. The summed E-state index contributed by atoms with van der Waals surface area (Å²) in [5, 5.41) is 13.7. The normalized spacial score (nSPS) is 12.7. The molecule has 0 unspecified atom stereocenters. The first kappa shape index (κ1) is 21.9. The van der Waals surface area contributed by atoms with E-state index in [1.807, 2.05) is 6.92 Å². The summed E-state index contributed by atoms with van der Waals surface area (Å²) < 4.78 is 15.0. The van der Waals surface area contributed by atoms with Crippen molar-refractivity contribution in [2.24, 2.45) is 0 Å². The zero-order valence-corrected chi connectivity index (χ0v) is 18.6. The molecule has 4 rings (SSSR count). The number of nitrogens with one attached hydrogen (secondary N) is 1. The van der Waals surface area contributed by atoms with Gasteiger partial charge in [-0.15, -0.1) is 0 Å². The Bertz CT molecular complexity index is 1350. The van der Waals surface area contributed by atoms with Crippen LogP contribution in [0.15, 0.2) is 65.6 Å². The van der Waals surface area contributed by atoms with E-state index in [1.54, 1.807) is 44.2 Å². The third kappa shape index (κ3) is 4.22. The maximum atomic E-state index is 13.5. The predicted octanol–water partition coefficient (Wildman–Crippen LogP) is 4.81. The molecule has 2 N–H and O–H groups in total. The molecule has 32 heavy (non-hydrogen) atoms. The highest BCUT2D eigenvalue weighted by atomic mass is 35.5. The van der Waals surface area contributed by atoms with Gasteiger partial charge in [0, 0.05) is 16.3 Å². The maximum absolute atomic E-state index is 13.5. The maximum Gasteiger partial charge on any atom is 0.263 e. The summed E-state index contributed by atoms with van der Waals surface area (Å²) in [5.41, 5.74) is 1.02. The van der Waals surface area contributed by atoms with Gasteiger partial charge in [-0.05, 0) is 57.2 Å². The molecular formula is C24H22ClFN4O2. The highest BCUT2D eigenvalue weighted by molar-refractivity contribution is 6.33. The number of hydrogen-bond acceptors (Lipinski definition) is 5. The largest absolute Gasteiger partial charge is 0.388 e. The van der Waals surface area contributed by atoms with Crippen molar-refractivity contribution in [2.75, 3.05) is 5.32 Å². The number of aromatic nitrogens is 3. The van der Waals surface area contributed by atoms with Gasteiger partial charge in [-0.3, -0.25) is 9.36 Å². The van der Waals surface area contributed by atoms with Gasteiger partial charge in [-0.2, -0.15) is 0 Å². The van der Waals surface area contributed by atoms with E-state index in [-0.39, 0.29) is 11.6 Å². The van der Waals surface area contributed by atoms with Gasteiger partial charge < -0.3 is 10.4 Å². The second kappa shape index (κ2) is 8.33. The second-order valence-corrected chi connectivity index (χ2v) is 8.55. The van der Waals surface area contributed by atoms with Crippen LogP contribution in [0.1, 0.15) is 20.8 Å². The Kier molecular flexibility index (Phi) is 5.71. The van der Waals surface area contributed by atoms with Crippen molar-refractivity contribution in [1.29, 1.82) is 0 Å². The van der Waals surface area contributed by atoms with Crippen LogP contribution in [0.5, 0.6) is 0 Å². The molecule has 0 amide bonds. The Hall–Kier alpha value is -3.29. The topological polar surface area (TPSA) is 80.0 Å². The molecule has 0 fully saturated rings. The Labute approximate surface area is 189 Å². The SMILES string of the molecule is C[C@H](Nc1ncc2c(cc(-c3ccccc3Cl)c(=O)n2-c2ccc(F)cc2)n1)C(C)(C)O. The summed E-state index contributed by atoms with van der Waals surface area (Å²) in [5.74, 6) is -0.0988. The number of pyridine rings is 1. The van der Waals surface area contributed by atoms with Crippen LogP contribution < -0.4 is 10.9 Å². The Balaban J connectivity index is 1.97. The Morgan fingerprint density at radius 3 is 2.47 bits per heavy atom. The van der Waals surface area contributed by atoms with Gasteiger partial charge in [-0.25, -0.2) is 14.4 Å².